The van der Waals surface area contributed by atoms with Crippen LogP contribution in [0.3, 0.4) is 0 Å². The molecule has 0 heterocycles. The lowest BCUT2D eigenvalue weighted by Gasteiger charge is -2.09. The van der Waals surface area contributed by atoms with E-state index in [1.807, 2.05) is 13.8 Å². The van der Waals surface area contributed by atoms with E-state index in [1.165, 1.54) is 238 Å². The molecule has 0 saturated carbocycles. The summed E-state index contributed by atoms with van der Waals surface area (Å²) in [6.45, 7) is 6.91. The van der Waals surface area contributed by atoms with E-state index in [1.54, 1.807) is 0 Å². The van der Waals surface area contributed by atoms with Crippen molar-refractivity contribution >= 4 is 5.97 Å². The Hall–Kier alpha value is -0.530. The molecule has 0 aliphatic rings. The van der Waals surface area contributed by atoms with E-state index in [-0.39, 0.29) is 11.9 Å². The molecular weight excluding hydrogens is 572 g/mol. The Bertz CT molecular complexity index is 572. The van der Waals surface area contributed by atoms with Gasteiger partial charge in [0.25, 0.3) is 0 Å². The van der Waals surface area contributed by atoms with Crippen LogP contribution in [0, 0.1) is 5.92 Å². The molecule has 1 unspecified atom stereocenters. The molecule has 282 valence electrons. The molecule has 0 radical (unpaired) electrons. The summed E-state index contributed by atoms with van der Waals surface area (Å²) < 4.78 is 5.33. The third-order valence-corrected chi connectivity index (χ3v) is 10.8. The van der Waals surface area contributed by atoms with Gasteiger partial charge >= 0.3 is 5.97 Å². The van der Waals surface area contributed by atoms with Gasteiger partial charge in [0.1, 0.15) is 0 Å². The van der Waals surface area contributed by atoms with Crippen LogP contribution in [-0.2, 0) is 9.53 Å². The van der Waals surface area contributed by atoms with Crippen LogP contribution >= 0.6 is 0 Å². The highest BCUT2D eigenvalue weighted by Crippen LogP contribution is 2.17. The summed E-state index contributed by atoms with van der Waals surface area (Å²) >= 11 is 0. The first kappa shape index (κ1) is 46.5. The molecule has 0 aromatic rings. The molecule has 1 atom stereocenters. The van der Waals surface area contributed by atoms with Crippen LogP contribution in [0.2, 0.25) is 0 Å². The van der Waals surface area contributed by atoms with Crippen molar-refractivity contribution in [2.24, 2.45) is 5.92 Å². The predicted octanol–water partition coefficient (Wildman–Crippen LogP) is 16.4. The Labute approximate surface area is 298 Å². The number of carbonyl (C=O) groups is 1. The molecule has 0 aliphatic carbocycles. The molecule has 0 N–H and O–H groups in total. The van der Waals surface area contributed by atoms with Gasteiger partial charge in [-0.15, -0.1) is 0 Å². The maximum atomic E-state index is 11.6. The van der Waals surface area contributed by atoms with Crippen molar-refractivity contribution in [2.75, 3.05) is 6.61 Å². The number of carbonyl (C=O) groups excluding carboxylic acids is 1. The van der Waals surface area contributed by atoms with E-state index >= 15 is 0 Å². The maximum Gasteiger partial charge on any atom is 0.308 e. The minimum Gasteiger partial charge on any atom is -0.465 e. The van der Waals surface area contributed by atoms with Crippen molar-refractivity contribution < 1.29 is 9.53 Å². The molecule has 0 aromatic heterocycles. The van der Waals surface area contributed by atoms with Crippen LogP contribution in [-0.4, -0.2) is 12.6 Å². The standard InChI is InChI=1S/C45H90O2/c1-4-6-7-8-9-10-11-12-13-14-15-16-17-18-19-20-21-22-23-24-25-26-27-28-29-30-31-32-33-34-35-36-37-38-39-40-41-42-43-47-45(46)44(3)5-2/h44H,4-43H2,1-3H3. The molecule has 0 spiro atoms. The van der Waals surface area contributed by atoms with Gasteiger partial charge in [-0.25, -0.2) is 0 Å². The normalized spacial score (nSPS) is 12.1. The smallest absolute Gasteiger partial charge is 0.308 e. The second kappa shape index (κ2) is 41.6. The van der Waals surface area contributed by atoms with Crippen molar-refractivity contribution in [2.45, 2.75) is 271 Å². The molecule has 0 bridgehead atoms. The third-order valence-electron chi connectivity index (χ3n) is 10.8. The summed E-state index contributed by atoms with van der Waals surface area (Å²) in [5.41, 5.74) is 0. The van der Waals surface area contributed by atoms with Crippen LogP contribution < -0.4 is 0 Å². The molecule has 0 saturated heterocycles. The van der Waals surface area contributed by atoms with Crippen LogP contribution in [0.15, 0.2) is 0 Å². The summed E-state index contributed by atoms with van der Waals surface area (Å²) in [5.74, 6) is 0.0341. The zero-order valence-corrected chi connectivity index (χ0v) is 33.2. The van der Waals surface area contributed by atoms with Gasteiger partial charge in [0.15, 0.2) is 0 Å². The first-order valence-corrected chi connectivity index (χ1v) is 22.4. The lowest BCUT2D eigenvalue weighted by atomic mass is 10.0. The van der Waals surface area contributed by atoms with E-state index in [0.717, 1.165) is 12.8 Å². The van der Waals surface area contributed by atoms with Crippen molar-refractivity contribution in [3.63, 3.8) is 0 Å². The molecule has 0 amide bonds. The topological polar surface area (TPSA) is 26.3 Å². The predicted molar refractivity (Wildman–Crippen MR) is 212 cm³/mol. The summed E-state index contributed by atoms with van der Waals surface area (Å²) in [6.07, 6.45) is 55.6. The molecule has 2 heteroatoms. The van der Waals surface area contributed by atoms with Crippen molar-refractivity contribution in [3.8, 4) is 0 Å². The Morgan fingerprint density at radius 3 is 0.723 bits per heavy atom. The van der Waals surface area contributed by atoms with Crippen LogP contribution in [0.1, 0.15) is 271 Å². The molecule has 47 heavy (non-hydrogen) atoms. The lowest BCUT2D eigenvalue weighted by Crippen LogP contribution is -2.14. The molecule has 0 aliphatic heterocycles. The van der Waals surface area contributed by atoms with Crippen LogP contribution in [0.5, 0.6) is 0 Å². The van der Waals surface area contributed by atoms with Gasteiger partial charge in [0.05, 0.1) is 12.5 Å². The van der Waals surface area contributed by atoms with Gasteiger partial charge in [-0.1, -0.05) is 258 Å². The Kier molecular flexibility index (Phi) is 41.2. The maximum absolute atomic E-state index is 11.6. The minimum atomic E-state index is -0.0194. The van der Waals surface area contributed by atoms with Gasteiger partial charge in [-0.05, 0) is 12.8 Å². The minimum absolute atomic E-state index is 0.0194. The molecule has 2 nitrogen and oxygen atoms in total. The van der Waals surface area contributed by atoms with Crippen molar-refractivity contribution in [1.29, 1.82) is 0 Å². The summed E-state index contributed by atoms with van der Waals surface area (Å²) in [7, 11) is 0. The third kappa shape index (κ3) is 39.8. The number of unbranched alkanes of at least 4 members (excludes halogenated alkanes) is 37. The van der Waals surface area contributed by atoms with Crippen LogP contribution in [0.4, 0.5) is 0 Å². The molecule has 0 rings (SSSR count). The number of ether oxygens (including phenoxy) is 1. The zero-order valence-electron chi connectivity index (χ0n) is 33.2. The molecule has 0 fully saturated rings. The van der Waals surface area contributed by atoms with E-state index < -0.39 is 0 Å². The highest BCUT2D eigenvalue weighted by molar-refractivity contribution is 5.71. The fourth-order valence-electron chi connectivity index (χ4n) is 7.02. The quantitative estimate of drug-likeness (QED) is 0.0481. The van der Waals surface area contributed by atoms with E-state index in [0.29, 0.717) is 6.61 Å². The van der Waals surface area contributed by atoms with E-state index in [2.05, 4.69) is 6.92 Å². The van der Waals surface area contributed by atoms with E-state index in [4.69, 9.17) is 4.74 Å². The van der Waals surface area contributed by atoms with E-state index in [9.17, 15) is 4.79 Å². The Morgan fingerprint density at radius 2 is 0.532 bits per heavy atom. The van der Waals surface area contributed by atoms with Crippen LogP contribution in [0.25, 0.3) is 0 Å². The largest absolute Gasteiger partial charge is 0.465 e. The molecular formula is C45H90O2. The fourth-order valence-corrected chi connectivity index (χ4v) is 7.02. The highest BCUT2D eigenvalue weighted by Gasteiger charge is 2.11. The van der Waals surface area contributed by atoms with Gasteiger partial charge in [0.2, 0.25) is 0 Å². The number of esters is 1. The van der Waals surface area contributed by atoms with Crippen molar-refractivity contribution in [3.05, 3.63) is 0 Å². The zero-order chi connectivity index (χ0) is 34.1. The Balaban J connectivity index is 3.07. The first-order chi connectivity index (χ1) is 23.2. The number of hydrogen-bond acceptors (Lipinski definition) is 2. The molecule has 0 aromatic carbocycles. The number of hydrogen-bond donors (Lipinski definition) is 0. The monoisotopic (exact) mass is 663 g/mol. The second-order valence-electron chi connectivity index (χ2n) is 15.6. The average molecular weight is 663 g/mol. The summed E-state index contributed by atoms with van der Waals surface area (Å²) in [5, 5.41) is 0. The second-order valence-corrected chi connectivity index (χ2v) is 15.6. The summed E-state index contributed by atoms with van der Waals surface area (Å²) in [4.78, 5) is 11.6. The van der Waals surface area contributed by atoms with Gasteiger partial charge < -0.3 is 4.74 Å². The van der Waals surface area contributed by atoms with Gasteiger partial charge in [-0.3, -0.25) is 4.79 Å². The summed E-state index contributed by atoms with van der Waals surface area (Å²) in [6, 6.07) is 0. The SMILES string of the molecule is CCCCCCCCCCCCCCCCCCCCCCCCCCCCCCCCCCCCCCCCOC(=O)C(C)CC. The van der Waals surface area contributed by atoms with Gasteiger partial charge in [-0.2, -0.15) is 0 Å². The average Bonchev–Trinajstić information content (AvgIpc) is 3.08. The fraction of sp³-hybridized carbons (Fsp3) is 0.978. The Morgan fingerprint density at radius 1 is 0.340 bits per heavy atom. The van der Waals surface area contributed by atoms with Gasteiger partial charge in [0, 0.05) is 0 Å². The highest BCUT2D eigenvalue weighted by atomic mass is 16.5. The first-order valence-electron chi connectivity index (χ1n) is 22.4. The number of rotatable bonds is 41. The lowest BCUT2D eigenvalue weighted by molar-refractivity contribution is -0.148. The van der Waals surface area contributed by atoms with Crippen molar-refractivity contribution in [1.82, 2.24) is 0 Å².